The number of benzene rings is 2. The second-order valence-electron chi connectivity index (χ2n) is 5.44. The van der Waals surface area contributed by atoms with Crippen molar-refractivity contribution in [2.75, 3.05) is 32.7 Å². The van der Waals surface area contributed by atoms with Crippen molar-refractivity contribution in [3.63, 3.8) is 0 Å². The Hall–Kier alpha value is -3.34. The fraction of sp³-hybridized carbons (Fsp3) is 0.235. The van der Waals surface area contributed by atoms with Gasteiger partial charge in [0.15, 0.2) is 11.5 Å². The van der Waals surface area contributed by atoms with Crippen LogP contribution in [-0.2, 0) is 14.8 Å². The Balaban J connectivity index is 2.67. The number of sulfonamides is 1. The van der Waals surface area contributed by atoms with Crippen LogP contribution in [0.15, 0.2) is 41.3 Å². The quantitative estimate of drug-likeness (QED) is 0.386. The molecule has 2 aromatic rings. The van der Waals surface area contributed by atoms with Crippen LogP contribution in [0.4, 0.5) is 11.4 Å². The standard InChI is InChI=1S/C17H18N2O8S/c1-18(28(23,24)12-7-5-6-11(8-12)19(21)22)14-10-16(26-3)15(25-2)9-13(14)17(20)27-4/h5-10H,1-4H3. The van der Waals surface area contributed by atoms with Crippen molar-refractivity contribution in [3.05, 3.63) is 52.1 Å². The van der Waals surface area contributed by atoms with E-state index in [1.807, 2.05) is 0 Å². The molecule has 0 aliphatic rings. The topological polar surface area (TPSA) is 125 Å². The number of hydrogen-bond donors (Lipinski definition) is 0. The molecule has 150 valence electrons. The minimum Gasteiger partial charge on any atom is -0.493 e. The molecule has 0 aliphatic carbocycles. The number of esters is 1. The summed E-state index contributed by atoms with van der Waals surface area (Å²) in [7, 11) is 0.848. The molecule has 0 N–H and O–H groups in total. The number of nitrogens with zero attached hydrogens (tertiary/aromatic N) is 2. The molecular weight excluding hydrogens is 392 g/mol. The molecule has 28 heavy (non-hydrogen) atoms. The smallest absolute Gasteiger partial charge is 0.340 e. The minimum absolute atomic E-state index is 0.0454. The number of methoxy groups -OCH3 is 3. The van der Waals surface area contributed by atoms with E-state index in [9.17, 15) is 23.3 Å². The highest BCUT2D eigenvalue weighted by atomic mass is 32.2. The molecule has 0 amide bonds. The maximum absolute atomic E-state index is 13.0. The van der Waals surface area contributed by atoms with Crippen LogP contribution in [0.3, 0.4) is 0 Å². The number of non-ortho nitro benzene ring substituents is 1. The molecule has 0 aliphatic heterocycles. The number of nitro benzene ring substituents is 1. The summed E-state index contributed by atoms with van der Waals surface area (Å²) >= 11 is 0. The summed E-state index contributed by atoms with van der Waals surface area (Å²) in [6, 6.07) is 7.19. The van der Waals surface area contributed by atoms with Crippen molar-refractivity contribution < 1.29 is 32.3 Å². The molecular formula is C17H18N2O8S. The number of carbonyl (C=O) groups excluding carboxylic acids is 1. The average Bonchev–Trinajstić information content (AvgIpc) is 2.71. The summed E-state index contributed by atoms with van der Waals surface area (Å²) in [5.74, 6) is -0.406. The van der Waals surface area contributed by atoms with Gasteiger partial charge in [0.2, 0.25) is 0 Å². The first-order chi connectivity index (χ1) is 13.2. The Bertz CT molecular complexity index is 1020. The molecule has 2 aromatic carbocycles. The van der Waals surface area contributed by atoms with Crippen LogP contribution in [0.2, 0.25) is 0 Å². The third-order valence-electron chi connectivity index (χ3n) is 3.93. The Morgan fingerprint density at radius 3 is 2.21 bits per heavy atom. The van der Waals surface area contributed by atoms with Crippen LogP contribution in [-0.4, -0.2) is 47.7 Å². The predicted molar refractivity (Wildman–Crippen MR) is 99.6 cm³/mol. The van der Waals surface area contributed by atoms with Gasteiger partial charge < -0.3 is 14.2 Å². The summed E-state index contributed by atoms with van der Waals surface area (Å²) < 4.78 is 41.9. The average molecular weight is 410 g/mol. The number of anilines is 1. The number of hydrogen-bond acceptors (Lipinski definition) is 8. The zero-order chi connectivity index (χ0) is 21.1. The molecule has 10 nitrogen and oxygen atoms in total. The molecule has 0 fully saturated rings. The van der Waals surface area contributed by atoms with Crippen LogP contribution in [0.1, 0.15) is 10.4 Å². The third kappa shape index (κ3) is 3.83. The number of rotatable bonds is 7. The van der Waals surface area contributed by atoms with Crippen LogP contribution < -0.4 is 13.8 Å². The van der Waals surface area contributed by atoms with E-state index in [2.05, 4.69) is 0 Å². The van der Waals surface area contributed by atoms with Crippen molar-refractivity contribution >= 4 is 27.4 Å². The maximum atomic E-state index is 13.0. The zero-order valence-electron chi connectivity index (χ0n) is 15.5. The molecule has 11 heteroatoms. The van der Waals surface area contributed by atoms with Crippen molar-refractivity contribution in [1.29, 1.82) is 0 Å². The lowest BCUT2D eigenvalue weighted by Gasteiger charge is -2.23. The van der Waals surface area contributed by atoms with Gasteiger partial charge in [-0.3, -0.25) is 14.4 Å². The molecule has 0 aromatic heterocycles. The van der Waals surface area contributed by atoms with Gasteiger partial charge in [-0.2, -0.15) is 0 Å². The molecule has 2 rings (SSSR count). The predicted octanol–water partition coefficient (Wildman–Crippen LogP) is 2.22. The Labute approximate surface area is 161 Å². The highest BCUT2D eigenvalue weighted by molar-refractivity contribution is 7.92. The lowest BCUT2D eigenvalue weighted by atomic mass is 10.1. The summed E-state index contributed by atoms with van der Waals surface area (Å²) in [4.78, 5) is 22.1. The van der Waals surface area contributed by atoms with Gasteiger partial charge in [-0.05, 0) is 6.07 Å². The van der Waals surface area contributed by atoms with Gasteiger partial charge in [0.05, 0.1) is 42.4 Å². The van der Waals surface area contributed by atoms with Gasteiger partial charge in [0.25, 0.3) is 15.7 Å². The third-order valence-corrected chi connectivity index (χ3v) is 5.70. The highest BCUT2D eigenvalue weighted by Gasteiger charge is 2.28. The first kappa shape index (κ1) is 21.0. The van der Waals surface area contributed by atoms with E-state index >= 15 is 0 Å². The normalized spacial score (nSPS) is 10.9. The second-order valence-corrected chi connectivity index (χ2v) is 7.41. The van der Waals surface area contributed by atoms with Gasteiger partial charge in [0.1, 0.15) is 0 Å². The molecule has 0 radical (unpaired) electrons. The van der Waals surface area contributed by atoms with Crippen LogP contribution >= 0.6 is 0 Å². The van der Waals surface area contributed by atoms with Crippen molar-refractivity contribution in [3.8, 4) is 11.5 Å². The molecule has 0 spiro atoms. The summed E-state index contributed by atoms with van der Waals surface area (Å²) in [6.07, 6.45) is 0. The molecule has 0 saturated heterocycles. The van der Waals surface area contributed by atoms with Crippen molar-refractivity contribution in [2.24, 2.45) is 0 Å². The van der Waals surface area contributed by atoms with Crippen molar-refractivity contribution in [1.82, 2.24) is 0 Å². The van der Waals surface area contributed by atoms with E-state index in [0.29, 0.717) is 0 Å². The Morgan fingerprint density at radius 2 is 1.68 bits per heavy atom. The van der Waals surface area contributed by atoms with E-state index in [-0.39, 0.29) is 33.3 Å². The number of nitro groups is 1. The summed E-state index contributed by atoms with van der Waals surface area (Å²) in [6.45, 7) is 0. The van der Waals surface area contributed by atoms with Crippen LogP contribution in [0, 0.1) is 10.1 Å². The monoisotopic (exact) mass is 410 g/mol. The van der Waals surface area contributed by atoms with Crippen LogP contribution in [0.25, 0.3) is 0 Å². The van der Waals surface area contributed by atoms with E-state index in [0.717, 1.165) is 17.5 Å². The minimum atomic E-state index is -4.23. The Morgan fingerprint density at radius 1 is 1.07 bits per heavy atom. The van der Waals surface area contributed by atoms with Crippen molar-refractivity contribution in [2.45, 2.75) is 4.90 Å². The van der Waals surface area contributed by atoms with E-state index in [1.54, 1.807) is 0 Å². The molecule has 0 saturated carbocycles. The van der Waals surface area contributed by atoms with Gasteiger partial charge in [-0.1, -0.05) is 6.07 Å². The molecule has 0 unspecified atom stereocenters. The van der Waals surface area contributed by atoms with Gasteiger partial charge in [-0.15, -0.1) is 0 Å². The van der Waals surface area contributed by atoms with Gasteiger partial charge >= 0.3 is 5.97 Å². The molecule has 0 atom stereocenters. The second kappa shape index (κ2) is 8.13. The van der Waals surface area contributed by atoms with E-state index in [1.165, 1.54) is 51.6 Å². The molecule has 0 heterocycles. The lowest BCUT2D eigenvalue weighted by molar-refractivity contribution is -0.385. The van der Waals surface area contributed by atoms with Crippen LogP contribution in [0.5, 0.6) is 11.5 Å². The largest absolute Gasteiger partial charge is 0.493 e. The molecule has 0 bridgehead atoms. The zero-order valence-corrected chi connectivity index (χ0v) is 16.3. The first-order valence-corrected chi connectivity index (χ1v) is 9.19. The lowest BCUT2D eigenvalue weighted by Crippen LogP contribution is -2.28. The Kier molecular flexibility index (Phi) is 6.09. The SMILES string of the molecule is COC(=O)c1cc(OC)c(OC)cc1N(C)S(=O)(=O)c1cccc([N+](=O)[O-])c1. The van der Waals surface area contributed by atoms with Gasteiger partial charge in [0, 0.05) is 31.3 Å². The van der Waals surface area contributed by atoms with Gasteiger partial charge in [-0.25, -0.2) is 13.2 Å². The fourth-order valence-electron chi connectivity index (χ4n) is 2.45. The van der Waals surface area contributed by atoms with E-state index in [4.69, 9.17) is 14.2 Å². The first-order valence-electron chi connectivity index (χ1n) is 7.75. The maximum Gasteiger partial charge on any atom is 0.340 e. The summed E-state index contributed by atoms with van der Waals surface area (Å²) in [5, 5.41) is 11.0. The van der Waals surface area contributed by atoms with E-state index < -0.39 is 20.9 Å². The fourth-order valence-corrected chi connectivity index (χ4v) is 3.69. The summed E-state index contributed by atoms with van der Waals surface area (Å²) in [5.41, 5.74) is -0.511. The highest BCUT2D eigenvalue weighted by Crippen LogP contribution is 2.37. The number of ether oxygens (including phenoxy) is 3. The number of carbonyl (C=O) groups is 1.